The van der Waals surface area contributed by atoms with Gasteiger partial charge in [0, 0.05) is 17.0 Å². The fourth-order valence-corrected chi connectivity index (χ4v) is 9.87. The van der Waals surface area contributed by atoms with Crippen molar-refractivity contribution in [3.8, 4) is 34.4 Å². The molecule has 4 heterocycles. The van der Waals surface area contributed by atoms with Gasteiger partial charge in [-0.2, -0.15) is 0 Å². The number of phenols is 1. The van der Waals surface area contributed by atoms with Crippen LogP contribution in [0.15, 0.2) is 136 Å². The standard InChI is InChI=1S/C47H34N4O8/c1-57-38-21-14-26(22-35(38)52)39-29-19-20-30-40(46(55)50(44(30)53)27-15-10-24(11-16-27)42-48-33-6-2-4-8-36(33)58-42)31(29)23-32-41(39)47(56)51(45(32)54)28-17-12-25(13-18-28)43-49-34-7-3-5-9-37(34)59-43/h2-19,21-22,30-32,39-41,52H,20,23H2,1H3/t30-,31+,32+,39-,40-,41+/m0/s1. The molecule has 0 bridgehead atoms. The Bertz CT molecular complexity index is 2860. The monoisotopic (exact) mass is 782 g/mol. The number of carbonyl (C=O) groups excluding carboxylic acids is 4. The van der Waals surface area contributed by atoms with Crippen LogP contribution in [-0.2, 0) is 19.2 Å². The van der Waals surface area contributed by atoms with Crippen molar-refractivity contribution in [2.24, 2.45) is 29.6 Å². The molecule has 4 amide bonds. The van der Waals surface area contributed by atoms with Gasteiger partial charge in [0.15, 0.2) is 22.7 Å². The molecule has 12 heteroatoms. The van der Waals surface area contributed by atoms with Crippen molar-refractivity contribution in [2.75, 3.05) is 16.9 Å². The number of hydrogen-bond acceptors (Lipinski definition) is 10. The topological polar surface area (TPSA) is 156 Å². The average Bonchev–Trinajstić information content (AvgIpc) is 4.02. The molecule has 0 unspecified atom stereocenters. The largest absolute Gasteiger partial charge is 0.504 e. The molecular weight excluding hydrogens is 749 g/mol. The third-order valence-electron chi connectivity index (χ3n) is 12.5. The summed E-state index contributed by atoms with van der Waals surface area (Å²) >= 11 is 0. The second-order valence-corrected chi connectivity index (χ2v) is 15.5. The first-order valence-corrected chi connectivity index (χ1v) is 19.5. The quantitative estimate of drug-likeness (QED) is 0.129. The number of benzene rings is 5. The van der Waals surface area contributed by atoms with Crippen molar-refractivity contribution in [1.82, 2.24) is 9.97 Å². The van der Waals surface area contributed by atoms with Crippen molar-refractivity contribution in [2.45, 2.75) is 18.8 Å². The van der Waals surface area contributed by atoms with E-state index in [1.807, 2.05) is 54.6 Å². The van der Waals surface area contributed by atoms with Gasteiger partial charge in [0.1, 0.15) is 11.0 Å². The fraction of sp³-hybridized carbons (Fsp3) is 0.191. The highest BCUT2D eigenvalue weighted by Gasteiger charge is 2.62. The molecule has 0 spiro atoms. The first-order valence-electron chi connectivity index (χ1n) is 19.5. The predicted octanol–water partition coefficient (Wildman–Crippen LogP) is 8.06. The maximum absolute atomic E-state index is 14.7. The van der Waals surface area contributed by atoms with Gasteiger partial charge >= 0.3 is 0 Å². The number of rotatable bonds is 6. The van der Waals surface area contributed by atoms with E-state index in [0.29, 0.717) is 56.5 Å². The summed E-state index contributed by atoms with van der Waals surface area (Å²) in [6, 6.07) is 33.9. The summed E-state index contributed by atoms with van der Waals surface area (Å²) in [5.41, 5.74) is 6.40. The second kappa shape index (κ2) is 13.1. The van der Waals surface area contributed by atoms with Crippen molar-refractivity contribution in [1.29, 1.82) is 0 Å². The maximum Gasteiger partial charge on any atom is 0.238 e. The van der Waals surface area contributed by atoms with Crippen LogP contribution in [0.25, 0.3) is 45.1 Å². The molecule has 7 aromatic rings. The van der Waals surface area contributed by atoms with E-state index in [1.54, 1.807) is 66.7 Å². The number of anilines is 2. The van der Waals surface area contributed by atoms with Gasteiger partial charge in [-0.3, -0.25) is 29.0 Å². The Balaban J connectivity index is 0.931. The number of fused-ring (bicyclic) bond motifs is 6. The number of aromatic nitrogens is 2. The zero-order chi connectivity index (χ0) is 40.1. The average molecular weight is 783 g/mol. The van der Waals surface area contributed by atoms with Crippen molar-refractivity contribution in [3.63, 3.8) is 0 Å². The number of imide groups is 2. The minimum Gasteiger partial charge on any atom is -0.504 e. The molecule has 59 heavy (non-hydrogen) atoms. The summed E-state index contributed by atoms with van der Waals surface area (Å²) < 4.78 is 17.2. The van der Waals surface area contributed by atoms with E-state index in [-0.39, 0.29) is 48.0 Å². The van der Waals surface area contributed by atoms with Crippen LogP contribution in [0.2, 0.25) is 0 Å². The number of nitrogens with zero attached hydrogens (tertiary/aromatic N) is 4. The van der Waals surface area contributed by atoms with E-state index in [4.69, 9.17) is 13.6 Å². The molecule has 2 saturated heterocycles. The molecule has 6 atom stereocenters. The Labute approximate surface area is 336 Å². The summed E-state index contributed by atoms with van der Waals surface area (Å²) in [5, 5.41) is 11.0. The Kier molecular flexibility index (Phi) is 7.74. The van der Waals surface area contributed by atoms with E-state index in [1.165, 1.54) is 16.9 Å². The lowest BCUT2D eigenvalue weighted by Crippen LogP contribution is -2.43. The summed E-state index contributed by atoms with van der Waals surface area (Å²) in [5.74, 6) is -4.55. The third-order valence-corrected chi connectivity index (χ3v) is 12.5. The summed E-state index contributed by atoms with van der Waals surface area (Å²) in [6.07, 6.45) is 2.48. The Morgan fingerprint density at radius 3 is 1.71 bits per heavy atom. The van der Waals surface area contributed by atoms with Gasteiger partial charge < -0.3 is 18.7 Å². The highest BCUT2D eigenvalue weighted by molar-refractivity contribution is 6.24. The normalized spacial score (nSPS) is 23.8. The first kappa shape index (κ1) is 34.9. The van der Waals surface area contributed by atoms with Crippen LogP contribution < -0.4 is 14.5 Å². The summed E-state index contributed by atoms with van der Waals surface area (Å²) in [7, 11) is 1.45. The SMILES string of the molecule is COc1ccc([C@H]2C3=CC[C@@H]4C(=O)N(c5ccc(-c6nc7ccccc7o6)cc5)C(=O)[C@@H]4[C@@H]3C[C@H]3C(=O)N(c4ccc(-c5nc6ccccc6o5)cc4)C(=O)[C@@H]23)cc1O. The maximum atomic E-state index is 14.7. The lowest BCUT2D eigenvalue weighted by Gasteiger charge is -2.44. The molecule has 4 aliphatic rings. The number of allylic oxidation sites excluding steroid dienone is 2. The van der Waals surface area contributed by atoms with Gasteiger partial charge in [-0.1, -0.05) is 42.0 Å². The lowest BCUT2D eigenvalue weighted by atomic mass is 9.57. The highest BCUT2D eigenvalue weighted by atomic mass is 16.5. The molecule has 11 rings (SSSR count). The number of para-hydroxylation sites is 4. The number of hydrogen-bond donors (Lipinski definition) is 1. The van der Waals surface area contributed by atoms with Crippen LogP contribution in [0.5, 0.6) is 11.5 Å². The number of ether oxygens (including phenoxy) is 1. The van der Waals surface area contributed by atoms with Crippen molar-refractivity contribution >= 4 is 57.2 Å². The molecule has 3 fully saturated rings. The Hall–Kier alpha value is -7.34. The number of carbonyl (C=O) groups is 4. The fourth-order valence-electron chi connectivity index (χ4n) is 9.87. The number of aromatic hydroxyl groups is 1. The number of methoxy groups -OCH3 is 1. The predicted molar refractivity (Wildman–Crippen MR) is 216 cm³/mol. The van der Waals surface area contributed by atoms with Gasteiger partial charge in [-0.15, -0.1) is 0 Å². The number of oxazole rings is 2. The van der Waals surface area contributed by atoms with Crippen molar-refractivity contribution < 1.29 is 37.9 Å². The first-order chi connectivity index (χ1) is 28.8. The Morgan fingerprint density at radius 1 is 0.627 bits per heavy atom. The van der Waals surface area contributed by atoms with E-state index in [2.05, 4.69) is 9.97 Å². The minimum atomic E-state index is -0.811. The molecule has 0 radical (unpaired) electrons. The van der Waals surface area contributed by atoms with Crippen LogP contribution in [0.1, 0.15) is 24.3 Å². The molecule has 1 N–H and O–H groups in total. The van der Waals surface area contributed by atoms with E-state index in [9.17, 15) is 24.3 Å². The van der Waals surface area contributed by atoms with Crippen LogP contribution in [0, 0.1) is 29.6 Å². The van der Waals surface area contributed by atoms with Gasteiger partial charge in [0.2, 0.25) is 35.4 Å². The van der Waals surface area contributed by atoms with E-state index < -0.39 is 35.5 Å². The van der Waals surface area contributed by atoms with Gasteiger partial charge in [-0.05, 0) is 109 Å². The van der Waals surface area contributed by atoms with Crippen molar-refractivity contribution in [3.05, 3.63) is 132 Å². The number of phenolic OH excluding ortho intramolecular Hbond substituents is 1. The van der Waals surface area contributed by atoms with Crippen LogP contribution in [0.3, 0.4) is 0 Å². The summed E-state index contributed by atoms with van der Waals surface area (Å²) in [4.78, 5) is 69.7. The zero-order valence-corrected chi connectivity index (χ0v) is 31.5. The molecule has 2 aliphatic carbocycles. The molecule has 290 valence electrons. The molecule has 2 aliphatic heterocycles. The van der Waals surface area contributed by atoms with Gasteiger partial charge in [0.25, 0.3) is 0 Å². The van der Waals surface area contributed by atoms with Gasteiger partial charge in [0.05, 0.1) is 42.2 Å². The third kappa shape index (κ3) is 5.28. The van der Waals surface area contributed by atoms with Crippen LogP contribution >= 0.6 is 0 Å². The molecule has 1 saturated carbocycles. The molecule has 5 aromatic carbocycles. The zero-order valence-electron chi connectivity index (χ0n) is 31.5. The van der Waals surface area contributed by atoms with E-state index >= 15 is 0 Å². The molecule has 12 nitrogen and oxygen atoms in total. The summed E-state index contributed by atoms with van der Waals surface area (Å²) in [6.45, 7) is 0. The van der Waals surface area contributed by atoms with Crippen LogP contribution in [-0.4, -0.2) is 45.8 Å². The lowest BCUT2D eigenvalue weighted by molar-refractivity contribution is -0.126. The smallest absolute Gasteiger partial charge is 0.238 e. The highest BCUT2D eigenvalue weighted by Crippen LogP contribution is 2.59. The van der Waals surface area contributed by atoms with E-state index in [0.717, 1.165) is 11.1 Å². The van der Waals surface area contributed by atoms with Gasteiger partial charge in [-0.25, -0.2) is 9.97 Å². The number of amides is 4. The Morgan fingerprint density at radius 2 is 1.17 bits per heavy atom. The molecule has 2 aromatic heterocycles. The molecular formula is C47H34N4O8. The van der Waals surface area contributed by atoms with Crippen LogP contribution in [0.4, 0.5) is 11.4 Å². The second-order valence-electron chi connectivity index (χ2n) is 15.5. The minimum absolute atomic E-state index is 0.110.